The molecule has 0 fully saturated rings. The Balaban J connectivity index is 3.27. The molecule has 0 amide bonds. The highest BCUT2D eigenvalue weighted by Gasteiger charge is 2.20. The van der Waals surface area contributed by atoms with Crippen LogP contribution in [0.4, 0.5) is 0 Å². The molecule has 3 atom stereocenters. The van der Waals surface area contributed by atoms with Crippen molar-refractivity contribution in [3.63, 3.8) is 0 Å². The number of aliphatic hydroxyl groups is 3. The minimum absolute atomic E-state index is 0.584. The summed E-state index contributed by atoms with van der Waals surface area (Å²) in [5.41, 5.74) is 0. The van der Waals surface area contributed by atoms with E-state index in [2.05, 4.69) is 6.92 Å². The second-order valence-electron chi connectivity index (χ2n) is 5.06. The predicted molar refractivity (Wildman–Crippen MR) is 70.9 cm³/mol. The monoisotopic (exact) mass is 246 g/mol. The molecule has 0 spiro atoms. The fourth-order valence-electron chi connectivity index (χ4n) is 1.98. The zero-order chi connectivity index (χ0) is 13.1. The van der Waals surface area contributed by atoms with E-state index in [9.17, 15) is 10.2 Å². The molecule has 3 N–H and O–H groups in total. The summed E-state index contributed by atoms with van der Waals surface area (Å²) < 4.78 is 0. The Bertz CT molecular complexity index is 160. The lowest BCUT2D eigenvalue weighted by Crippen LogP contribution is -2.35. The van der Waals surface area contributed by atoms with Crippen LogP contribution in [-0.4, -0.2) is 33.6 Å². The number of rotatable bonds is 11. The molecule has 0 rings (SSSR count). The van der Waals surface area contributed by atoms with Gasteiger partial charge in [0.25, 0.3) is 0 Å². The van der Waals surface area contributed by atoms with Gasteiger partial charge in [-0.05, 0) is 13.3 Å². The van der Waals surface area contributed by atoms with Gasteiger partial charge in [0.05, 0.1) is 12.2 Å². The molecular weight excluding hydrogens is 216 g/mol. The van der Waals surface area contributed by atoms with Gasteiger partial charge in [0.2, 0.25) is 0 Å². The molecule has 104 valence electrons. The molecule has 17 heavy (non-hydrogen) atoms. The van der Waals surface area contributed by atoms with Crippen LogP contribution < -0.4 is 0 Å². The van der Waals surface area contributed by atoms with Crippen molar-refractivity contribution in [3.8, 4) is 0 Å². The number of aliphatic hydroxyl groups excluding tert-OH is 3. The van der Waals surface area contributed by atoms with Crippen LogP contribution in [0.5, 0.6) is 0 Å². The zero-order valence-corrected chi connectivity index (χ0v) is 11.4. The van der Waals surface area contributed by atoms with Crippen LogP contribution in [0.15, 0.2) is 0 Å². The molecule has 0 aliphatic rings. The Labute approximate surface area is 106 Å². The van der Waals surface area contributed by atoms with E-state index in [0.29, 0.717) is 6.42 Å². The smallest absolute Gasteiger partial charge is 0.105 e. The first-order chi connectivity index (χ1) is 8.09. The lowest BCUT2D eigenvalue weighted by atomic mass is 10.0. The van der Waals surface area contributed by atoms with Gasteiger partial charge in [-0.25, -0.2) is 0 Å². The summed E-state index contributed by atoms with van der Waals surface area (Å²) >= 11 is 0. The highest BCUT2D eigenvalue weighted by Crippen LogP contribution is 2.12. The lowest BCUT2D eigenvalue weighted by molar-refractivity contribution is -0.0550. The summed E-state index contributed by atoms with van der Waals surface area (Å²) in [7, 11) is 0. The van der Waals surface area contributed by atoms with E-state index in [1.165, 1.54) is 45.4 Å². The van der Waals surface area contributed by atoms with Crippen molar-refractivity contribution in [1.29, 1.82) is 0 Å². The maximum atomic E-state index is 9.55. The van der Waals surface area contributed by atoms with Gasteiger partial charge in [0.15, 0.2) is 0 Å². The summed E-state index contributed by atoms with van der Waals surface area (Å²) in [5, 5.41) is 28.1. The van der Waals surface area contributed by atoms with E-state index in [0.717, 1.165) is 12.8 Å². The van der Waals surface area contributed by atoms with Crippen molar-refractivity contribution in [2.45, 2.75) is 89.9 Å². The van der Waals surface area contributed by atoms with Crippen molar-refractivity contribution >= 4 is 0 Å². The summed E-state index contributed by atoms with van der Waals surface area (Å²) in [6.45, 7) is 3.72. The molecule has 3 heteroatoms. The van der Waals surface area contributed by atoms with Crippen LogP contribution in [0, 0.1) is 0 Å². The normalized spacial score (nSPS) is 16.8. The van der Waals surface area contributed by atoms with E-state index in [1.54, 1.807) is 0 Å². The number of hydrogen-bond acceptors (Lipinski definition) is 3. The van der Waals surface area contributed by atoms with Gasteiger partial charge in [0.1, 0.15) is 6.10 Å². The SMILES string of the molecule is CCCCCCCCCCC(O)C(O)C(C)O. The third kappa shape index (κ3) is 9.57. The molecule has 0 saturated heterocycles. The van der Waals surface area contributed by atoms with E-state index >= 15 is 0 Å². The van der Waals surface area contributed by atoms with Crippen molar-refractivity contribution in [1.82, 2.24) is 0 Å². The van der Waals surface area contributed by atoms with Crippen LogP contribution >= 0.6 is 0 Å². The predicted octanol–water partition coefficient (Wildman–Crippen LogP) is 2.62. The average molecular weight is 246 g/mol. The van der Waals surface area contributed by atoms with Crippen molar-refractivity contribution in [2.75, 3.05) is 0 Å². The minimum Gasteiger partial charge on any atom is -0.391 e. The highest BCUT2D eigenvalue weighted by molar-refractivity contribution is 4.71. The molecule has 0 aromatic carbocycles. The summed E-state index contributed by atoms with van der Waals surface area (Å²) in [5.74, 6) is 0. The zero-order valence-electron chi connectivity index (χ0n) is 11.4. The quantitative estimate of drug-likeness (QED) is 0.491. The fourth-order valence-corrected chi connectivity index (χ4v) is 1.98. The fraction of sp³-hybridized carbons (Fsp3) is 1.00. The first-order valence-electron chi connectivity index (χ1n) is 7.13. The maximum absolute atomic E-state index is 9.55. The molecule has 3 nitrogen and oxygen atoms in total. The Morgan fingerprint density at radius 3 is 1.71 bits per heavy atom. The van der Waals surface area contributed by atoms with Crippen LogP contribution in [0.3, 0.4) is 0 Å². The van der Waals surface area contributed by atoms with E-state index in [4.69, 9.17) is 5.11 Å². The standard InChI is InChI=1S/C14H30O3/c1-3-4-5-6-7-8-9-10-11-13(16)14(17)12(2)15/h12-17H,3-11H2,1-2H3. The maximum Gasteiger partial charge on any atom is 0.105 e. The largest absolute Gasteiger partial charge is 0.391 e. The van der Waals surface area contributed by atoms with Crippen LogP contribution in [-0.2, 0) is 0 Å². The molecule has 0 saturated carbocycles. The Hall–Kier alpha value is -0.120. The molecule has 0 heterocycles. The molecule has 0 aromatic heterocycles. The topological polar surface area (TPSA) is 60.7 Å². The Morgan fingerprint density at radius 1 is 0.765 bits per heavy atom. The van der Waals surface area contributed by atoms with Gasteiger partial charge in [0, 0.05) is 0 Å². The van der Waals surface area contributed by atoms with Crippen LogP contribution in [0.25, 0.3) is 0 Å². The van der Waals surface area contributed by atoms with Gasteiger partial charge in [-0.3, -0.25) is 0 Å². The molecule has 0 aromatic rings. The van der Waals surface area contributed by atoms with Gasteiger partial charge < -0.3 is 15.3 Å². The highest BCUT2D eigenvalue weighted by atomic mass is 16.4. The molecular formula is C14H30O3. The second kappa shape index (κ2) is 11.0. The molecule has 3 unspecified atom stereocenters. The van der Waals surface area contributed by atoms with Crippen molar-refractivity contribution < 1.29 is 15.3 Å². The molecule has 0 bridgehead atoms. The van der Waals surface area contributed by atoms with Crippen molar-refractivity contribution in [3.05, 3.63) is 0 Å². The van der Waals surface area contributed by atoms with Gasteiger partial charge in [-0.2, -0.15) is 0 Å². The summed E-state index contributed by atoms with van der Waals surface area (Å²) in [4.78, 5) is 0. The Morgan fingerprint density at radius 2 is 1.24 bits per heavy atom. The molecule has 0 aliphatic carbocycles. The third-order valence-electron chi connectivity index (χ3n) is 3.24. The van der Waals surface area contributed by atoms with Gasteiger partial charge in [-0.15, -0.1) is 0 Å². The van der Waals surface area contributed by atoms with Gasteiger partial charge in [-0.1, -0.05) is 58.3 Å². The third-order valence-corrected chi connectivity index (χ3v) is 3.24. The van der Waals surface area contributed by atoms with E-state index in [1.807, 2.05) is 0 Å². The number of hydrogen-bond donors (Lipinski definition) is 3. The van der Waals surface area contributed by atoms with Crippen LogP contribution in [0.1, 0.15) is 71.6 Å². The molecule has 0 aliphatic heterocycles. The summed E-state index contributed by atoms with van der Waals surface area (Å²) in [6, 6.07) is 0. The average Bonchev–Trinajstić information content (AvgIpc) is 2.31. The minimum atomic E-state index is -1.00. The van der Waals surface area contributed by atoms with E-state index in [-0.39, 0.29) is 0 Å². The second-order valence-corrected chi connectivity index (χ2v) is 5.06. The van der Waals surface area contributed by atoms with E-state index < -0.39 is 18.3 Å². The first kappa shape index (κ1) is 16.9. The van der Waals surface area contributed by atoms with Crippen LogP contribution in [0.2, 0.25) is 0 Å². The first-order valence-corrected chi connectivity index (χ1v) is 7.13. The summed E-state index contributed by atoms with van der Waals surface area (Å²) in [6.07, 6.45) is 7.73. The lowest BCUT2D eigenvalue weighted by Gasteiger charge is -2.19. The Kier molecular flexibility index (Phi) is 10.9. The van der Waals surface area contributed by atoms with Crippen molar-refractivity contribution in [2.24, 2.45) is 0 Å². The number of unbranched alkanes of at least 4 members (excludes halogenated alkanes) is 7. The van der Waals surface area contributed by atoms with Gasteiger partial charge >= 0.3 is 0 Å². The molecule has 0 radical (unpaired) electrons.